The monoisotopic (exact) mass is 357 g/mol. The lowest BCUT2D eigenvalue weighted by molar-refractivity contribution is 0.394. The fraction of sp³-hybridized carbons (Fsp3) is 0.118. The van der Waals surface area contributed by atoms with E-state index in [4.69, 9.17) is 21.7 Å². The van der Waals surface area contributed by atoms with Crippen LogP contribution in [0, 0.1) is 4.77 Å². The molecule has 0 amide bonds. The van der Waals surface area contributed by atoms with Crippen molar-refractivity contribution in [3.63, 3.8) is 0 Å². The first-order valence-electron chi connectivity index (χ1n) is 7.28. The number of allylic oxidation sites excluding steroid dienone is 2. The minimum Gasteiger partial charge on any atom is -0.497 e. The van der Waals surface area contributed by atoms with Crippen LogP contribution in [-0.2, 0) is 0 Å². The van der Waals surface area contributed by atoms with Crippen LogP contribution >= 0.6 is 12.2 Å². The van der Waals surface area contributed by atoms with Crippen LogP contribution in [0.5, 0.6) is 17.4 Å². The predicted molar refractivity (Wildman–Crippen MR) is 97.6 cm³/mol. The lowest BCUT2D eigenvalue weighted by Crippen LogP contribution is -2.16. The number of benzene rings is 1. The summed E-state index contributed by atoms with van der Waals surface area (Å²) in [5.41, 5.74) is 0.508. The molecular formula is C17H15N3O4S. The van der Waals surface area contributed by atoms with E-state index < -0.39 is 5.56 Å². The van der Waals surface area contributed by atoms with E-state index in [2.05, 4.69) is 9.98 Å². The first-order chi connectivity index (χ1) is 12.0. The molecule has 2 N–H and O–H groups in total. The second kappa shape index (κ2) is 6.78. The fourth-order valence-electron chi connectivity index (χ4n) is 2.41. The van der Waals surface area contributed by atoms with Crippen LogP contribution in [0.25, 0.3) is 11.8 Å². The third kappa shape index (κ3) is 3.11. The zero-order chi connectivity index (χ0) is 18.0. The van der Waals surface area contributed by atoms with Gasteiger partial charge in [-0.05, 0) is 42.6 Å². The average Bonchev–Trinajstić information content (AvgIpc) is 3.11. The molecule has 0 aliphatic carbocycles. The number of aliphatic imine (C=N–C) groups is 1. The maximum atomic E-state index is 12.2. The molecule has 1 aliphatic heterocycles. The molecule has 0 saturated heterocycles. The van der Waals surface area contributed by atoms with Gasteiger partial charge in [-0.3, -0.25) is 19.3 Å². The Labute approximate surface area is 148 Å². The number of nitrogens with zero attached hydrogens (tertiary/aromatic N) is 2. The smallest absolute Gasteiger partial charge is 0.262 e. The number of hydrogen-bond donors (Lipinski definition) is 2. The molecule has 2 heterocycles. The van der Waals surface area contributed by atoms with Gasteiger partial charge in [-0.1, -0.05) is 0 Å². The highest BCUT2D eigenvalue weighted by Crippen LogP contribution is 2.31. The molecule has 2 aromatic rings. The molecule has 0 spiro atoms. The first-order valence-corrected chi connectivity index (χ1v) is 7.69. The van der Waals surface area contributed by atoms with E-state index in [1.54, 1.807) is 36.6 Å². The van der Waals surface area contributed by atoms with Crippen molar-refractivity contribution in [1.82, 2.24) is 9.55 Å². The Balaban J connectivity index is 2.29. The number of aromatic nitrogens is 2. The van der Waals surface area contributed by atoms with Crippen molar-refractivity contribution >= 4 is 24.5 Å². The van der Waals surface area contributed by atoms with Gasteiger partial charge < -0.3 is 14.6 Å². The third-order valence-electron chi connectivity index (χ3n) is 3.62. The molecule has 25 heavy (non-hydrogen) atoms. The van der Waals surface area contributed by atoms with Crippen molar-refractivity contribution in [2.75, 3.05) is 14.2 Å². The van der Waals surface area contributed by atoms with Gasteiger partial charge in [-0.2, -0.15) is 0 Å². The van der Waals surface area contributed by atoms with Gasteiger partial charge in [0.05, 0.1) is 25.6 Å². The highest BCUT2D eigenvalue weighted by atomic mass is 32.1. The highest BCUT2D eigenvalue weighted by molar-refractivity contribution is 7.71. The lowest BCUT2D eigenvalue weighted by atomic mass is 10.2. The number of nitrogens with one attached hydrogen (secondary N) is 1. The molecule has 0 fully saturated rings. The van der Waals surface area contributed by atoms with Gasteiger partial charge in [0.2, 0.25) is 5.88 Å². The zero-order valence-electron chi connectivity index (χ0n) is 13.5. The van der Waals surface area contributed by atoms with Crippen molar-refractivity contribution in [1.29, 1.82) is 0 Å². The third-order valence-corrected chi connectivity index (χ3v) is 3.90. The van der Waals surface area contributed by atoms with Crippen LogP contribution in [0.1, 0.15) is 5.56 Å². The molecule has 8 heteroatoms. The highest BCUT2D eigenvalue weighted by Gasteiger charge is 2.17. The second-order valence-corrected chi connectivity index (χ2v) is 5.46. The van der Waals surface area contributed by atoms with Crippen molar-refractivity contribution in [3.8, 4) is 23.1 Å². The molecule has 0 unspecified atom stereocenters. The maximum absolute atomic E-state index is 12.2. The number of rotatable bonds is 4. The van der Waals surface area contributed by atoms with E-state index in [1.807, 2.05) is 0 Å². The van der Waals surface area contributed by atoms with E-state index in [-0.39, 0.29) is 16.2 Å². The Morgan fingerprint density at radius 2 is 2.12 bits per heavy atom. The number of methoxy groups -OCH3 is 2. The van der Waals surface area contributed by atoms with E-state index in [0.717, 1.165) is 0 Å². The van der Waals surface area contributed by atoms with Crippen molar-refractivity contribution in [3.05, 3.63) is 56.7 Å². The van der Waals surface area contributed by atoms with Gasteiger partial charge in [0.15, 0.2) is 4.77 Å². The average molecular weight is 357 g/mol. The molecule has 0 atom stereocenters. The molecule has 128 valence electrons. The Kier molecular flexibility index (Phi) is 4.53. The Morgan fingerprint density at radius 3 is 2.76 bits per heavy atom. The van der Waals surface area contributed by atoms with Crippen molar-refractivity contribution in [2.45, 2.75) is 0 Å². The zero-order valence-corrected chi connectivity index (χ0v) is 14.3. The van der Waals surface area contributed by atoms with Crippen LogP contribution in [0.3, 0.4) is 0 Å². The summed E-state index contributed by atoms with van der Waals surface area (Å²) >= 11 is 5.23. The van der Waals surface area contributed by atoms with Gasteiger partial charge >= 0.3 is 0 Å². The summed E-state index contributed by atoms with van der Waals surface area (Å²) in [4.78, 5) is 18.9. The van der Waals surface area contributed by atoms with Crippen molar-refractivity contribution < 1.29 is 14.6 Å². The van der Waals surface area contributed by atoms with Gasteiger partial charge in [0.25, 0.3) is 5.56 Å². The Hall–Kier alpha value is -3.13. The van der Waals surface area contributed by atoms with Crippen LogP contribution in [0.2, 0.25) is 0 Å². The number of aromatic amines is 1. The molecule has 7 nitrogen and oxygen atoms in total. The minimum absolute atomic E-state index is 0.0293. The maximum Gasteiger partial charge on any atom is 0.262 e. The fourth-order valence-corrected chi connectivity index (χ4v) is 2.69. The molecule has 0 bridgehead atoms. The quantitative estimate of drug-likeness (QED) is 0.821. The van der Waals surface area contributed by atoms with Gasteiger partial charge in [0, 0.05) is 12.3 Å². The largest absolute Gasteiger partial charge is 0.497 e. The normalized spacial score (nSPS) is 14.2. The van der Waals surface area contributed by atoms with Crippen LogP contribution in [0.15, 0.2) is 45.8 Å². The van der Waals surface area contributed by atoms with Crippen LogP contribution in [-0.4, -0.2) is 35.1 Å². The van der Waals surface area contributed by atoms with E-state index in [0.29, 0.717) is 22.9 Å². The van der Waals surface area contributed by atoms with Crippen LogP contribution < -0.4 is 15.0 Å². The summed E-state index contributed by atoms with van der Waals surface area (Å²) in [6.07, 6.45) is 6.53. The molecule has 0 saturated carbocycles. The molecule has 3 rings (SSSR count). The second-order valence-electron chi connectivity index (χ2n) is 5.08. The summed E-state index contributed by atoms with van der Waals surface area (Å²) in [6, 6.07) is 5.05. The number of H-pyrrole nitrogens is 1. The topological polar surface area (TPSA) is 88.8 Å². The van der Waals surface area contributed by atoms with Gasteiger partial charge in [0.1, 0.15) is 17.1 Å². The van der Waals surface area contributed by atoms with Crippen molar-refractivity contribution in [2.24, 2.45) is 4.99 Å². The molecule has 1 aromatic heterocycles. The van der Waals surface area contributed by atoms with E-state index in [1.165, 1.54) is 24.9 Å². The minimum atomic E-state index is -0.511. The first kappa shape index (κ1) is 16.7. The molecular weight excluding hydrogens is 342 g/mol. The van der Waals surface area contributed by atoms with E-state index in [9.17, 15) is 9.90 Å². The molecule has 0 radical (unpaired) electrons. The molecule has 1 aromatic carbocycles. The summed E-state index contributed by atoms with van der Waals surface area (Å²) in [5.74, 6) is 0.687. The lowest BCUT2D eigenvalue weighted by Gasteiger charge is -2.15. The van der Waals surface area contributed by atoms with Gasteiger partial charge in [-0.25, -0.2) is 0 Å². The number of ether oxygens (including phenoxy) is 2. The summed E-state index contributed by atoms with van der Waals surface area (Å²) in [6.45, 7) is 0. The summed E-state index contributed by atoms with van der Waals surface area (Å²) < 4.78 is 11.9. The van der Waals surface area contributed by atoms with Crippen LogP contribution in [0.4, 0.5) is 0 Å². The number of aromatic hydroxyl groups is 1. The Morgan fingerprint density at radius 1 is 1.32 bits per heavy atom. The SMILES string of the molecule is COc1ccc(OC)c(-n2c(O)c(/C=C3\C=CC=N3)c(=O)[nH]c2=S)c1. The Bertz CT molecular complexity index is 1020. The van der Waals surface area contributed by atoms with Gasteiger partial charge in [-0.15, -0.1) is 0 Å². The summed E-state index contributed by atoms with van der Waals surface area (Å²) in [5, 5.41) is 10.7. The predicted octanol–water partition coefficient (Wildman–Crippen LogP) is 2.60. The molecule has 1 aliphatic rings. The standard InChI is InChI=1S/C17H15N3O4S/c1-23-11-5-6-14(24-2)13(9-11)20-16(22)12(15(21)19-17(20)25)8-10-4-3-7-18-10/h3-9,22H,1-2H3,(H,19,21,25)/b10-8+. The number of hydrogen-bond acceptors (Lipinski definition) is 6. The van der Waals surface area contributed by atoms with E-state index >= 15 is 0 Å². The summed E-state index contributed by atoms with van der Waals surface area (Å²) in [7, 11) is 3.02.